The zero-order chi connectivity index (χ0) is 14.0. The average Bonchev–Trinajstić information content (AvgIpc) is 2.65. The molecule has 102 valence electrons. The quantitative estimate of drug-likeness (QED) is 0.844. The number of aryl methyl sites for hydroxylation is 1. The fraction of sp³-hybridized carbons (Fsp3) is 0.364. The van der Waals surface area contributed by atoms with Crippen LogP contribution in [0.2, 0.25) is 0 Å². The van der Waals surface area contributed by atoms with Crippen LogP contribution in [0.1, 0.15) is 5.69 Å². The molecule has 0 fully saturated rings. The fourth-order valence-corrected chi connectivity index (χ4v) is 2.26. The van der Waals surface area contributed by atoms with E-state index in [-0.39, 0.29) is 0 Å². The molecule has 0 bridgehead atoms. The molecular formula is C11H15N5O2S. The molecule has 0 unspecified atom stereocenters. The molecule has 2 aromatic heterocycles. The molecule has 2 N–H and O–H groups in total. The molecule has 2 heterocycles. The molecule has 0 aliphatic heterocycles. The van der Waals surface area contributed by atoms with Gasteiger partial charge in [-0.15, -0.1) is 0 Å². The molecule has 0 aliphatic rings. The number of nitrogens with two attached hydrogens (primary N) is 1. The van der Waals surface area contributed by atoms with Gasteiger partial charge in [-0.25, -0.2) is 0 Å². The van der Waals surface area contributed by atoms with Crippen LogP contribution in [0.4, 0.5) is 5.69 Å². The maximum Gasteiger partial charge on any atom is 0.220 e. The minimum Gasteiger partial charge on any atom is -0.481 e. The van der Waals surface area contributed by atoms with E-state index >= 15 is 0 Å². The highest BCUT2D eigenvalue weighted by Gasteiger charge is 2.14. The van der Waals surface area contributed by atoms with E-state index in [9.17, 15) is 0 Å². The molecule has 7 nitrogen and oxygen atoms in total. The monoisotopic (exact) mass is 281 g/mol. The van der Waals surface area contributed by atoms with E-state index in [2.05, 4.69) is 15.1 Å². The van der Waals surface area contributed by atoms with Gasteiger partial charge in [-0.3, -0.25) is 4.68 Å². The number of aromatic nitrogens is 4. The topological polar surface area (TPSA) is 88.1 Å². The SMILES string of the molecule is COc1cc(OC)nc(Sc2nn(C)c(C)c2N)n1. The van der Waals surface area contributed by atoms with Crippen LogP contribution in [-0.4, -0.2) is 34.0 Å². The molecule has 0 radical (unpaired) electrons. The second-order valence-corrected chi connectivity index (χ2v) is 4.72. The Morgan fingerprint density at radius 3 is 2.21 bits per heavy atom. The molecule has 2 aromatic rings. The van der Waals surface area contributed by atoms with Gasteiger partial charge < -0.3 is 15.2 Å². The predicted molar refractivity (Wildman–Crippen MR) is 71.6 cm³/mol. The van der Waals surface area contributed by atoms with Crippen LogP contribution < -0.4 is 15.2 Å². The van der Waals surface area contributed by atoms with E-state index in [4.69, 9.17) is 15.2 Å². The van der Waals surface area contributed by atoms with Gasteiger partial charge in [0, 0.05) is 7.05 Å². The first-order chi connectivity index (χ1) is 9.05. The molecule has 0 atom stereocenters. The van der Waals surface area contributed by atoms with Crippen molar-refractivity contribution in [2.24, 2.45) is 7.05 Å². The molecule has 0 amide bonds. The molecule has 0 saturated carbocycles. The van der Waals surface area contributed by atoms with E-state index in [0.717, 1.165) is 5.69 Å². The molecule has 0 saturated heterocycles. The lowest BCUT2D eigenvalue weighted by molar-refractivity contribution is 0.364. The second-order valence-electron chi connectivity index (χ2n) is 3.77. The Morgan fingerprint density at radius 2 is 1.79 bits per heavy atom. The molecular weight excluding hydrogens is 266 g/mol. The minimum absolute atomic E-state index is 0.431. The molecule has 0 aliphatic carbocycles. The number of methoxy groups -OCH3 is 2. The summed E-state index contributed by atoms with van der Waals surface area (Å²) in [7, 11) is 4.91. The van der Waals surface area contributed by atoms with Gasteiger partial charge in [0.05, 0.1) is 31.7 Å². The smallest absolute Gasteiger partial charge is 0.220 e. The summed E-state index contributed by atoms with van der Waals surface area (Å²) in [4.78, 5) is 8.44. The van der Waals surface area contributed by atoms with Crippen LogP contribution in [0.25, 0.3) is 0 Å². The lowest BCUT2D eigenvalue weighted by Gasteiger charge is -2.05. The third-order valence-electron chi connectivity index (χ3n) is 2.61. The molecule has 0 spiro atoms. The number of anilines is 1. The van der Waals surface area contributed by atoms with Crippen LogP contribution >= 0.6 is 11.8 Å². The van der Waals surface area contributed by atoms with Gasteiger partial charge in [0.2, 0.25) is 16.9 Å². The third kappa shape index (κ3) is 2.73. The summed E-state index contributed by atoms with van der Waals surface area (Å²) >= 11 is 1.27. The van der Waals surface area contributed by atoms with Crippen molar-refractivity contribution >= 4 is 17.4 Å². The maximum atomic E-state index is 5.97. The summed E-state index contributed by atoms with van der Waals surface area (Å²) in [6.45, 7) is 1.90. The largest absolute Gasteiger partial charge is 0.481 e. The standard InChI is InChI=1S/C11H15N5O2S/c1-6-9(12)10(15-16(6)2)19-11-13-7(17-3)5-8(14-11)18-4/h5H,12H2,1-4H3. The summed E-state index contributed by atoms with van der Waals surface area (Å²) in [6.07, 6.45) is 0. The van der Waals surface area contributed by atoms with Crippen molar-refractivity contribution in [3.63, 3.8) is 0 Å². The minimum atomic E-state index is 0.431. The van der Waals surface area contributed by atoms with Crippen LogP contribution in [0.15, 0.2) is 16.2 Å². The van der Waals surface area contributed by atoms with Gasteiger partial charge in [0.1, 0.15) is 5.03 Å². The van der Waals surface area contributed by atoms with Crippen molar-refractivity contribution in [1.29, 1.82) is 0 Å². The molecule has 2 rings (SSSR count). The molecule has 8 heteroatoms. The lowest BCUT2D eigenvalue weighted by atomic mass is 10.4. The molecule has 0 aromatic carbocycles. The van der Waals surface area contributed by atoms with Crippen LogP contribution in [-0.2, 0) is 7.05 Å². The average molecular weight is 281 g/mol. The van der Waals surface area contributed by atoms with Crippen molar-refractivity contribution in [1.82, 2.24) is 19.7 Å². The van der Waals surface area contributed by atoms with E-state index in [0.29, 0.717) is 27.6 Å². The van der Waals surface area contributed by atoms with Gasteiger partial charge in [-0.2, -0.15) is 15.1 Å². The van der Waals surface area contributed by atoms with Gasteiger partial charge in [-0.1, -0.05) is 0 Å². The van der Waals surface area contributed by atoms with Crippen molar-refractivity contribution in [2.75, 3.05) is 20.0 Å². The van der Waals surface area contributed by atoms with E-state index in [1.165, 1.54) is 26.0 Å². The number of nitrogen functional groups attached to an aromatic ring is 1. The summed E-state index contributed by atoms with van der Waals surface area (Å²) in [5.41, 5.74) is 7.49. The normalized spacial score (nSPS) is 10.5. The van der Waals surface area contributed by atoms with Crippen LogP contribution in [0, 0.1) is 6.92 Å². The summed E-state index contributed by atoms with van der Waals surface area (Å²) in [5.74, 6) is 0.862. The highest BCUT2D eigenvalue weighted by Crippen LogP contribution is 2.32. The lowest BCUT2D eigenvalue weighted by Crippen LogP contribution is -1.96. The number of ether oxygens (including phenoxy) is 2. The molecule has 19 heavy (non-hydrogen) atoms. The second kappa shape index (κ2) is 5.35. The van der Waals surface area contributed by atoms with Crippen molar-refractivity contribution in [3.05, 3.63) is 11.8 Å². The summed E-state index contributed by atoms with van der Waals surface area (Å²) < 4.78 is 11.9. The number of nitrogens with zero attached hydrogens (tertiary/aromatic N) is 4. The Hall–Kier alpha value is -1.96. The van der Waals surface area contributed by atoms with Gasteiger partial charge >= 0.3 is 0 Å². The Bertz CT molecular complexity index is 577. The Kier molecular flexibility index (Phi) is 3.79. The fourth-order valence-electron chi connectivity index (χ4n) is 1.39. The van der Waals surface area contributed by atoms with Gasteiger partial charge in [-0.05, 0) is 18.7 Å². The highest BCUT2D eigenvalue weighted by molar-refractivity contribution is 7.99. The third-order valence-corrected chi connectivity index (χ3v) is 3.47. The first kappa shape index (κ1) is 13.5. The van der Waals surface area contributed by atoms with E-state index in [1.54, 1.807) is 10.7 Å². The first-order valence-corrected chi connectivity index (χ1v) is 6.30. The van der Waals surface area contributed by atoms with Crippen LogP contribution in [0.5, 0.6) is 11.8 Å². The van der Waals surface area contributed by atoms with Crippen LogP contribution in [0.3, 0.4) is 0 Å². The number of rotatable bonds is 4. The Balaban J connectivity index is 2.34. The Morgan fingerprint density at radius 1 is 1.21 bits per heavy atom. The van der Waals surface area contributed by atoms with Crippen molar-refractivity contribution < 1.29 is 9.47 Å². The van der Waals surface area contributed by atoms with Gasteiger partial charge in [0.25, 0.3) is 0 Å². The summed E-state index contributed by atoms with van der Waals surface area (Å²) in [6, 6.07) is 1.61. The van der Waals surface area contributed by atoms with E-state index < -0.39 is 0 Å². The zero-order valence-electron chi connectivity index (χ0n) is 11.2. The number of hydrogen-bond acceptors (Lipinski definition) is 7. The summed E-state index contributed by atoms with van der Waals surface area (Å²) in [5, 5.41) is 5.44. The van der Waals surface area contributed by atoms with E-state index in [1.807, 2.05) is 14.0 Å². The zero-order valence-corrected chi connectivity index (χ0v) is 12.0. The number of hydrogen-bond donors (Lipinski definition) is 1. The Labute approximate surface area is 115 Å². The maximum absolute atomic E-state index is 5.97. The predicted octanol–water partition coefficient (Wildman–Crippen LogP) is 1.27. The van der Waals surface area contributed by atoms with Crippen molar-refractivity contribution in [2.45, 2.75) is 17.1 Å². The highest BCUT2D eigenvalue weighted by atomic mass is 32.2. The van der Waals surface area contributed by atoms with Gasteiger partial charge in [0.15, 0.2) is 0 Å². The van der Waals surface area contributed by atoms with Crippen molar-refractivity contribution in [3.8, 4) is 11.8 Å². The first-order valence-electron chi connectivity index (χ1n) is 5.49.